The van der Waals surface area contributed by atoms with Crippen molar-refractivity contribution >= 4 is 65.2 Å². The highest BCUT2D eigenvalue weighted by molar-refractivity contribution is 7.24. The zero-order valence-electron chi connectivity index (χ0n) is 21.1. The number of nitrogens with one attached hydrogen (secondary N) is 2. The summed E-state index contributed by atoms with van der Waals surface area (Å²) < 4.78 is 1.83. The van der Waals surface area contributed by atoms with Crippen LogP contribution in [0.1, 0.15) is 55.4 Å². The Morgan fingerprint density at radius 2 is 1.03 bits per heavy atom. The zero-order valence-corrected chi connectivity index (χ0v) is 22.8. The van der Waals surface area contributed by atoms with E-state index in [4.69, 9.17) is 11.5 Å². The number of carbonyl (C=O) groups is 2. The molecule has 2 heterocycles. The normalized spacial score (nSPS) is 13.1. The Balaban J connectivity index is 1.86. The number of aromatic nitrogens is 2. The van der Waals surface area contributed by atoms with E-state index in [9.17, 15) is 9.59 Å². The summed E-state index contributed by atoms with van der Waals surface area (Å²) in [5.74, 6) is -0.566. The van der Waals surface area contributed by atoms with Crippen LogP contribution in [0.15, 0.2) is 12.1 Å². The van der Waals surface area contributed by atoms with Gasteiger partial charge in [0.05, 0.1) is 20.4 Å². The molecule has 8 nitrogen and oxygen atoms in total. The first kappa shape index (κ1) is 26.5. The maximum absolute atomic E-state index is 13.0. The molecular weight excluding hydrogens is 468 g/mol. The molecule has 2 aromatic heterocycles. The van der Waals surface area contributed by atoms with Gasteiger partial charge in [0.25, 0.3) is 0 Å². The molecule has 0 saturated heterocycles. The Morgan fingerprint density at radius 3 is 1.32 bits per heavy atom. The third-order valence-corrected chi connectivity index (χ3v) is 8.81. The lowest BCUT2D eigenvalue weighted by molar-refractivity contribution is -0.125. The van der Waals surface area contributed by atoms with Gasteiger partial charge in [0, 0.05) is 0 Å². The number of benzene rings is 1. The summed E-state index contributed by atoms with van der Waals surface area (Å²) in [6, 6.07) is 3.84. The summed E-state index contributed by atoms with van der Waals surface area (Å²) in [7, 11) is 0. The molecule has 0 fully saturated rings. The molecule has 1 aromatic carbocycles. The monoisotopic (exact) mass is 504 g/mol. The van der Waals surface area contributed by atoms with Gasteiger partial charge in [-0.2, -0.15) is 0 Å². The van der Waals surface area contributed by atoms with E-state index in [0.29, 0.717) is 10.3 Å². The maximum Gasteiger partial charge on any atom is 0.246 e. The van der Waals surface area contributed by atoms with E-state index in [0.717, 1.165) is 20.4 Å². The van der Waals surface area contributed by atoms with Gasteiger partial charge in [0.1, 0.15) is 11.1 Å². The molecule has 0 unspecified atom stereocenters. The molecule has 186 valence electrons. The second-order valence-corrected chi connectivity index (χ2v) is 12.3. The average Bonchev–Trinajstić information content (AvgIpc) is 3.30. The molecule has 0 aliphatic heterocycles. The standard InChI is InChI=1S/C24H36N6O2S2/c1-11(2)23(25,12(3)4)19(31)29-21-27-15-9-16-18(10-17(15)33-21)34-22(28-16)30-20(32)24(26,13(5)6)14(7)8/h9-14H,25-26H2,1-8H3,(H,27,29,31)(H,28,30,32). The van der Waals surface area contributed by atoms with Crippen LogP contribution in [0.3, 0.4) is 0 Å². The fourth-order valence-corrected chi connectivity index (χ4v) is 6.09. The van der Waals surface area contributed by atoms with Crippen molar-refractivity contribution in [2.24, 2.45) is 35.1 Å². The Hall–Kier alpha value is -2.14. The third kappa shape index (κ3) is 4.56. The van der Waals surface area contributed by atoms with E-state index in [1.54, 1.807) is 0 Å². The largest absolute Gasteiger partial charge is 0.317 e. The molecule has 0 aliphatic rings. The van der Waals surface area contributed by atoms with Gasteiger partial charge in [-0.05, 0) is 35.8 Å². The lowest BCUT2D eigenvalue weighted by atomic mass is 9.77. The fourth-order valence-electron chi connectivity index (χ4n) is 4.25. The van der Waals surface area contributed by atoms with E-state index < -0.39 is 11.1 Å². The molecule has 0 radical (unpaired) electrons. The number of anilines is 2. The summed E-state index contributed by atoms with van der Waals surface area (Å²) in [4.78, 5) is 35.1. The summed E-state index contributed by atoms with van der Waals surface area (Å²) in [5, 5.41) is 6.83. The number of amides is 2. The first-order valence-electron chi connectivity index (χ1n) is 11.6. The number of fused-ring (bicyclic) bond motifs is 2. The first-order chi connectivity index (χ1) is 15.7. The van der Waals surface area contributed by atoms with Gasteiger partial charge in [-0.1, -0.05) is 78.1 Å². The predicted octanol–water partition coefficient (Wildman–Crippen LogP) is 4.80. The molecule has 3 aromatic rings. The zero-order chi connectivity index (χ0) is 25.6. The van der Waals surface area contributed by atoms with Crippen LogP contribution in [-0.2, 0) is 9.59 Å². The van der Waals surface area contributed by atoms with Crippen LogP contribution in [0, 0.1) is 23.7 Å². The molecule has 0 aliphatic carbocycles. The molecule has 3 rings (SSSR count). The molecule has 10 heteroatoms. The van der Waals surface area contributed by atoms with Crippen LogP contribution >= 0.6 is 22.7 Å². The highest BCUT2D eigenvalue weighted by Gasteiger charge is 2.42. The smallest absolute Gasteiger partial charge is 0.246 e. The van der Waals surface area contributed by atoms with Crippen LogP contribution < -0.4 is 22.1 Å². The average molecular weight is 505 g/mol. The van der Waals surface area contributed by atoms with Crippen LogP contribution in [0.4, 0.5) is 10.3 Å². The van der Waals surface area contributed by atoms with Crippen LogP contribution in [0.25, 0.3) is 20.4 Å². The summed E-state index contributed by atoms with van der Waals surface area (Å²) in [6.45, 7) is 15.6. The Morgan fingerprint density at radius 1 is 0.706 bits per heavy atom. The predicted molar refractivity (Wildman–Crippen MR) is 143 cm³/mol. The molecule has 0 bridgehead atoms. The molecule has 6 N–H and O–H groups in total. The molecular formula is C24H36N6O2S2. The van der Waals surface area contributed by atoms with Crippen molar-refractivity contribution in [2.45, 2.75) is 66.5 Å². The minimum absolute atomic E-state index is 0.0244. The van der Waals surface area contributed by atoms with Crippen molar-refractivity contribution in [3.8, 4) is 0 Å². The highest BCUT2D eigenvalue weighted by atomic mass is 32.1. The van der Waals surface area contributed by atoms with Crippen LogP contribution in [0.5, 0.6) is 0 Å². The van der Waals surface area contributed by atoms with Gasteiger partial charge in [0.2, 0.25) is 11.8 Å². The van der Waals surface area contributed by atoms with Crippen molar-refractivity contribution in [1.29, 1.82) is 0 Å². The Labute approximate surface area is 208 Å². The number of carbonyl (C=O) groups excluding carboxylic acids is 2. The molecule has 0 saturated carbocycles. The molecule has 0 spiro atoms. The van der Waals surface area contributed by atoms with E-state index in [1.165, 1.54) is 22.7 Å². The Kier molecular flexibility index (Phi) is 7.38. The van der Waals surface area contributed by atoms with E-state index in [-0.39, 0.29) is 35.5 Å². The van der Waals surface area contributed by atoms with Gasteiger partial charge in [-0.15, -0.1) is 0 Å². The summed E-state index contributed by atoms with van der Waals surface area (Å²) in [6.07, 6.45) is 0. The van der Waals surface area contributed by atoms with Crippen molar-refractivity contribution in [2.75, 3.05) is 10.6 Å². The van der Waals surface area contributed by atoms with E-state index >= 15 is 0 Å². The third-order valence-electron chi connectivity index (χ3n) is 6.95. The van der Waals surface area contributed by atoms with E-state index in [1.807, 2.05) is 67.5 Å². The number of nitrogens with two attached hydrogens (primary N) is 2. The second kappa shape index (κ2) is 9.49. The topological polar surface area (TPSA) is 136 Å². The SMILES string of the molecule is CC(C)C(N)(C(=O)Nc1nc2cc3nc(NC(=O)C(N)(C(C)C)C(C)C)sc3cc2s1)C(C)C. The van der Waals surface area contributed by atoms with Gasteiger partial charge >= 0.3 is 0 Å². The first-order valence-corrected chi connectivity index (χ1v) is 13.3. The van der Waals surface area contributed by atoms with Gasteiger partial charge in [-0.3, -0.25) is 9.59 Å². The summed E-state index contributed by atoms with van der Waals surface area (Å²) in [5.41, 5.74) is 12.4. The number of hydrogen-bond acceptors (Lipinski definition) is 8. The van der Waals surface area contributed by atoms with Crippen molar-refractivity contribution < 1.29 is 9.59 Å². The van der Waals surface area contributed by atoms with Gasteiger partial charge in [-0.25, -0.2) is 9.97 Å². The highest BCUT2D eigenvalue weighted by Crippen LogP contribution is 2.35. The van der Waals surface area contributed by atoms with Crippen molar-refractivity contribution in [3.05, 3.63) is 12.1 Å². The lowest BCUT2D eigenvalue weighted by Crippen LogP contribution is -2.59. The van der Waals surface area contributed by atoms with Gasteiger partial charge < -0.3 is 22.1 Å². The molecule has 34 heavy (non-hydrogen) atoms. The fraction of sp³-hybridized carbons (Fsp3) is 0.583. The lowest BCUT2D eigenvalue weighted by Gasteiger charge is -2.35. The quantitative estimate of drug-likeness (QED) is 0.348. The second-order valence-electron chi connectivity index (χ2n) is 10.2. The van der Waals surface area contributed by atoms with E-state index in [2.05, 4.69) is 20.6 Å². The number of hydrogen-bond donors (Lipinski definition) is 4. The van der Waals surface area contributed by atoms with Crippen molar-refractivity contribution in [3.63, 3.8) is 0 Å². The van der Waals surface area contributed by atoms with Gasteiger partial charge in [0.15, 0.2) is 10.3 Å². The molecule has 0 atom stereocenters. The minimum atomic E-state index is -0.989. The minimum Gasteiger partial charge on any atom is -0.317 e. The number of nitrogens with zero attached hydrogens (tertiary/aromatic N) is 2. The molecule has 2 amide bonds. The van der Waals surface area contributed by atoms with Crippen molar-refractivity contribution in [1.82, 2.24) is 9.97 Å². The Bertz CT molecular complexity index is 1050. The summed E-state index contributed by atoms with van der Waals surface area (Å²) >= 11 is 2.78. The number of thiazole rings is 2. The number of rotatable bonds is 8. The maximum atomic E-state index is 13.0. The van der Waals surface area contributed by atoms with Crippen LogP contribution in [0.2, 0.25) is 0 Å². The van der Waals surface area contributed by atoms with Crippen LogP contribution in [-0.4, -0.2) is 32.9 Å².